The van der Waals surface area contributed by atoms with Gasteiger partial charge >= 0.3 is 0 Å². The third-order valence-electron chi connectivity index (χ3n) is 5.33. The van der Waals surface area contributed by atoms with Crippen molar-refractivity contribution in [2.24, 2.45) is 5.92 Å². The van der Waals surface area contributed by atoms with Crippen LogP contribution in [-0.2, 0) is 9.59 Å². The van der Waals surface area contributed by atoms with Crippen LogP contribution in [0.2, 0.25) is 0 Å². The van der Waals surface area contributed by atoms with Crippen LogP contribution in [0.5, 0.6) is 0 Å². The van der Waals surface area contributed by atoms with Gasteiger partial charge in [-0.05, 0) is 25.0 Å². The molecule has 1 heterocycles. The Labute approximate surface area is 154 Å². The molecule has 0 bridgehead atoms. The largest absolute Gasteiger partial charge is 0.343 e. The number of carbonyl (C=O) groups excluding carboxylic acids is 3. The number of hydrogen-bond acceptors (Lipinski definition) is 3. The van der Waals surface area contributed by atoms with Gasteiger partial charge in [-0.3, -0.25) is 14.4 Å². The van der Waals surface area contributed by atoms with Gasteiger partial charge in [-0.25, -0.2) is 0 Å². The smallest absolute Gasteiger partial charge is 0.251 e. The third-order valence-corrected chi connectivity index (χ3v) is 5.33. The van der Waals surface area contributed by atoms with E-state index < -0.39 is 0 Å². The van der Waals surface area contributed by atoms with Gasteiger partial charge in [0.05, 0.1) is 6.54 Å². The topological polar surface area (TPSA) is 69.7 Å². The normalized spacial score (nSPS) is 18.5. The Hall–Kier alpha value is -2.37. The molecule has 1 aliphatic heterocycles. The minimum Gasteiger partial charge on any atom is -0.343 e. The fourth-order valence-electron chi connectivity index (χ4n) is 3.74. The van der Waals surface area contributed by atoms with Gasteiger partial charge in [-0.1, -0.05) is 37.5 Å². The van der Waals surface area contributed by atoms with Crippen LogP contribution in [0, 0.1) is 5.92 Å². The van der Waals surface area contributed by atoms with Gasteiger partial charge in [0.2, 0.25) is 11.8 Å². The minimum atomic E-state index is -0.245. The number of nitrogens with zero attached hydrogens (tertiary/aromatic N) is 2. The molecular weight excluding hydrogens is 330 g/mol. The van der Waals surface area contributed by atoms with Crippen LogP contribution in [-0.4, -0.2) is 60.2 Å². The Kier molecular flexibility index (Phi) is 6.26. The lowest BCUT2D eigenvalue weighted by Crippen LogP contribution is -2.53. The molecule has 0 spiro atoms. The molecule has 6 heteroatoms. The van der Waals surface area contributed by atoms with Crippen molar-refractivity contribution in [2.45, 2.75) is 32.1 Å². The highest BCUT2D eigenvalue weighted by Crippen LogP contribution is 2.25. The number of hydrogen-bond donors (Lipinski definition) is 1. The van der Waals surface area contributed by atoms with Crippen LogP contribution in [0.4, 0.5) is 0 Å². The molecule has 0 atom stereocenters. The second kappa shape index (κ2) is 8.83. The highest BCUT2D eigenvalue weighted by Gasteiger charge is 2.29. The maximum atomic E-state index is 12.6. The summed E-state index contributed by atoms with van der Waals surface area (Å²) in [5.41, 5.74) is 0.545. The molecule has 6 nitrogen and oxygen atoms in total. The Balaban J connectivity index is 1.42. The van der Waals surface area contributed by atoms with Gasteiger partial charge in [-0.15, -0.1) is 0 Å². The average Bonchev–Trinajstić information content (AvgIpc) is 2.72. The molecule has 1 saturated carbocycles. The number of rotatable bonds is 4. The maximum Gasteiger partial charge on any atom is 0.251 e. The van der Waals surface area contributed by atoms with Gasteiger partial charge in [0.15, 0.2) is 0 Å². The maximum absolute atomic E-state index is 12.6. The standard InChI is InChI=1S/C20H27N3O3/c24-18(15-21-19(25)16-7-3-1-4-8-16)22-11-13-23(14-12-22)20(26)17-9-5-2-6-10-17/h1,3-4,7-8,17H,2,5-6,9-15H2,(H,21,25). The van der Waals surface area contributed by atoms with Crippen LogP contribution in [0.1, 0.15) is 42.5 Å². The molecular formula is C20H27N3O3. The summed E-state index contributed by atoms with van der Waals surface area (Å²) in [6, 6.07) is 8.86. The Morgan fingerprint density at radius 2 is 1.50 bits per heavy atom. The third kappa shape index (κ3) is 4.62. The van der Waals surface area contributed by atoms with Crippen LogP contribution >= 0.6 is 0 Å². The van der Waals surface area contributed by atoms with E-state index in [0.717, 1.165) is 25.7 Å². The van der Waals surface area contributed by atoms with Crippen molar-refractivity contribution in [1.82, 2.24) is 15.1 Å². The molecule has 0 unspecified atom stereocenters. The summed E-state index contributed by atoms with van der Waals surface area (Å²) in [5, 5.41) is 2.67. The van der Waals surface area contributed by atoms with Crippen molar-refractivity contribution in [2.75, 3.05) is 32.7 Å². The second-order valence-electron chi connectivity index (χ2n) is 7.09. The van der Waals surface area contributed by atoms with Gasteiger partial charge in [-0.2, -0.15) is 0 Å². The summed E-state index contributed by atoms with van der Waals surface area (Å²) in [4.78, 5) is 40.5. The lowest BCUT2D eigenvalue weighted by atomic mass is 9.88. The molecule has 140 valence electrons. The number of benzene rings is 1. The van der Waals surface area contributed by atoms with E-state index in [1.165, 1.54) is 6.42 Å². The van der Waals surface area contributed by atoms with Crippen molar-refractivity contribution in [3.63, 3.8) is 0 Å². The predicted molar refractivity (Wildman–Crippen MR) is 98.5 cm³/mol. The van der Waals surface area contributed by atoms with Crippen LogP contribution in [0.3, 0.4) is 0 Å². The van der Waals surface area contributed by atoms with Crippen molar-refractivity contribution in [3.8, 4) is 0 Å². The molecule has 1 N–H and O–H groups in total. The van der Waals surface area contributed by atoms with E-state index in [0.29, 0.717) is 31.7 Å². The zero-order valence-electron chi connectivity index (χ0n) is 15.2. The molecule has 0 radical (unpaired) electrons. The van der Waals surface area contributed by atoms with Crippen molar-refractivity contribution >= 4 is 17.7 Å². The quantitative estimate of drug-likeness (QED) is 0.891. The van der Waals surface area contributed by atoms with Gasteiger partial charge in [0.25, 0.3) is 5.91 Å². The summed E-state index contributed by atoms with van der Waals surface area (Å²) in [7, 11) is 0. The molecule has 1 aromatic rings. The van der Waals surface area contributed by atoms with E-state index in [1.807, 2.05) is 11.0 Å². The summed E-state index contributed by atoms with van der Waals surface area (Å²) >= 11 is 0. The Morgan fingerprint density at radius 1 is 0.885 bits per heavy atom. The van der Waals surface area contributed by atoms with Gasteiger partial charge in [0.1, 0.15) is 0 Å². The second-order valence-corrected chi connectivity index (χ2v) is 7.09. The van der Waals surface area contributed by atoms with E-state index in [9.17, 15) is 14.4 Å². The van der Waals surface area contributed by atoms with Gasteiger partial charge < -0.3 is 15.1 Å². The number of carbonyl (C=O) groups is 3. The number of nitrogens with one attached hydrogen (secondary N) is 1. The summed E-state index contributed by atoms with van der Waals surface area (Å²) in [6.07, 6.45) is 5.54. The highest BCUT2D eigenvalue weighted by atomic mass is 16.2. The van der Waals surface area contributed by atoms with Crippen molar-refractivity contribution < 1.29 is 14.4 Å². The van der Waals surface area contributed by atoms with E-state index in [-0.39, 0.29) is 30.2 Å². The molecule has 3 rings (SSSR count). The first-order valence-corrected chi connectivity index (χ1v) is 9.55. The Bertz CT molecular complexity index is 633. The number of piperazine rings is 1. The minimum absolute atomic E-state index is 0.00962. The zero-order chi connectivity index (χ0) is 18.4. The lowest BCUT2D eigenvalue weighted by molar-refractivity contribution is -0.142. The van der Waals surface area contributed by atoms with E-state index in [1.54, 1.807) is 29.2 Å². The van der Waals surface area contributed by atoms with E-state index in [2.05, 4.69) is 5.32 Å². The molecule has 3 amide bonds. The van der Waals surface area contributed by atoms with Crippen LogP contribution < -0.4 is 5.32 Å². The summed E-state index contributed by atoms with van der Waals surface area (Å²) in [6.45, 7) is 2.25. The monoisotopic (exact) mass is 357 g/mol. The molecule has 2 aliphatic rings. The van der Waals surface area contributed by atoms with E-state index in [4.69, 9.17) is 0 Å². The first-order valence-electron chi connectivity index (χ1n) is 9.55. The van der Waals surface area contributed by atoms with Gasteiger partial charge in [0, 0.05) is 37.7 Å². The Morgan fingerprint density at radius 3 is 2.15 bits per heavy atom. The molecule has 26 heavy (non-hydrogen) atoms. The first-order chi connectivity index (χ1) is 12.6. The summed E-state index contributed by atoms with van der Waals surface area (Å²) in [5.74, 6) is 0.0921. The predicted octanol–water partition coefficient (Wildman–Crippen LogP) is 1.67. The zero-order valence-corrected chi connectivity index (χ0v) is 15.2. The molecule has 2 fully saturated rings. The molecule has 0 aromatic heterocycles. The summed E-state index contributed by atoms with van der Waals surface area (Å²) < 4.78 is 0. The number of amides is 3. The van der Waals surface area contributed by atoms with Crippen LogP contribution in [0.25, 0.3) is 0 Å². The molecule has 1 aliphatic carbocycles. The fourth-order valence-corrected chi connectivity index (χ4v) is 3.74. The van der Waals surface area contributed by atoms with E-state index >= 15 is 0 Å². The van der Waals surface area contributed by atoms with Crippen LogP contribution in [0.15, 0.2) is 30.3 Å². The SMILES string of the molecule is O=C(NCC(=O)N1CCN(C(=O)C2CCCCC2)CC1)c1ccccc1. The fraction of sp³-hybridized carbons (Fsp3) is 0.550. The van der Waals surface area contributed by atoms with Crippen molar-refractivity contribution in [1.29, 1.82) is 0 Å². The lowest BCUT2D eigenvalue weighted by Gasteiger charge is -2.37. The average molecular weight is 357 g/mol. The molecule has 1 aromatic carbocycles. The molecule has 1 saturated heterocycles. The van der Waals surface area contributed by atoms with Crippen molar-refractivity contribution in [3.05, 3.63) is 35.9 Å². The first kappa shape index (κ1) is 18.4. The highest BCUT2D eigenvalue weighted by molar-refractivity contribution is 5.96.